The van der Waals surface area contributed by atoms with E-state index in [1.165, 1.54) is 0 Å². The Bertz CT molecular complexity index is 133. The van der Waals surface area contributed by atoms with E-state index < -0.39 is 0 Å². The fraction of sp³-hybridized carbons (Fsp3) is 0.636. The maximum atomic E-state index is 8.87. The molecule has 0 bridgehead atoms. The molecule has 13 heavy (non-hydrogen) atoms. The van der Waals surface area contributed by atoms with Crippen molar-refractivity contribution in [2.45, 2.75) is 48.0 Å². The summed E-state index contributed by atoms with van der Waals surface area (Å²) in [4.78, 5) is 0. The zero-order chi connectivity index (χ0) is 11.3. The average molecular weight is 187 g/mol. The summed E-state index contributed by atoms with van der Waals surface area (Å²) in [5, 5.41) is 8.87. The topological polar surface area (TPSA) is 46.2 Å². The Balaban J connectivity index is -0.000000218. The molecule has 0 radical (unpaired) electrons. The molecular weight excluding hydrogens is 162 g/mol. The van der Waals surface area contributed by atoms with Crippen LogP contribution in [0.15, 0.2) is 23.6 Å². The van der Waals surface area contributed by atoms with E-state index in [2.05, 4.69) is 0 Å². The van der Waals surface area contributed by atoms with E-state index in [4.69, 9.17) is 10.8 Å². The van der Waals surface area contributed by atoms with Crippen LogP contribution in [0, 0.1) is 0 Å². The first-order valence-corrected chi connectivity index (χ1v) is 4.98. The van der Waals surface area contributed by atoms with Crippen molar-refractivity contribution in [2.75, 3.05) is 0 Å². The highest BCUT2D eigenvalue weighted by Crippen LogP contribution is 1.94. The summed E-state index contributed by atoms with van der Waals surface area (Å²) in [6.07, 6.45) is 3.94. The SMILES string of the molecule is CC.CC.CC/C(O)=C\C=C(/C)N. The summed E-state index contributed by atoms with van der Waals surface area (Å²) >= 11 is 0. The lowest BCUT2D eigenvalue weighted by atomic mass is 10.3. The van der Waals surface area contributed by atoms with Crippen molar-refractivity contribution in [1.82, 2.24) is 0 Å². The van der Waals surface area contributed by atoms with Crippen LogP contribution >= 0.6 is 0 Å². The van der Waals surface area contributed by atoms with E-state index in [0.29, 0.717) is 17.9 Å². The second-order valence-electron chi connectivity index (χ2n) is 1.92. The monoisotopic (exact) mass is 187 g/mol. The van der Waals surface area contributed by atoms with Gasteiger partial charge in [-0.25, -0.2) is 0 Å². The van der Waals surface area contributed by atoms with E-state index in [9.17, 15) is 0 Å². The molecule has 0 unspecified atom stereocenters. The normalized spacial score (nSPS) is 10.6. The molecule has 0 aromatic heterocycles. The molecule has 0 saturated carbocycles. The minimum absolute atomic E-state index is 0.361. The standard InChI is InChI=1S/C7H13NO.2C2H6/c1-3-7(9)5-4-6(2)8;2*1-2/h4-5,9H,3,8H2,1-2H3;2*1-2H3/b6-4+,7-5+;;. The number of hydrogen-bond acceptors (Lipinski definition) is 2. The molecule has 0 aromatic rings. The molecule has 0 saturated heterocycles. The van der Waals surface area contributed by atoms with Crippen molar-refractivity contribution in [3.05, 3.63) is 23.6 Å². The minimum atomic E-state index is 0.361. The number of nitrogens with two attached hydrogens (primary N) is 1. The van der Waals surface area contributed by atoms with Crippen LogP contribution in [-0.2, 0) is 0 Å². The van der Waals surface area contributed by atoms with E-state index in [1.54, 1.807) is 19.1 Å². The Labute approximate surface area is 83.2 Å². The van der Waals surface area contributed by atoms with Gasteiger partial charge in [0.1, 0.15) is 0 Å². The summed E-state index contributed by atoms with van der Waals surface area (Å²) in [6.45, 7) is 11.7. The molecule has 0 rings (SSSR count). The van der Waals surface area contributed by atoms with Crippen LogP contribution < -0.4 is 5.73 Å². The molecule has 0 heterocycles. The maximum Gasteiger partial charge on any atom is 0.0920 e. The molecule has 0 atom stereocenters. The second-order valence-corrected chi connectivity index (χ2v) is 1.92. The zero-order valence-corrected chi connectivity index (χ0v) is 9.89. The van der Waals surface area contributed by atoms with Crippen LogP contribution in [0.4, 0.5) is 0 Å². The predicted octanol–water partition coefficient (Wildman–Crippen LogP) is 3.75. The molecular formula is C11H25NO. The summed E-state index contributed by atoms with van der Waals surface area (Å²) in [7, 11) is 0. The predicted molar refractivity (Wildman–Crippen MR) is 61.6 cm³/mol. The third-order valence-corrected chi connectivity index (χ3v) is 0.901. The molecule has 0 aliphatic rings. The van der Waals surface area contributed by atoms with Gasteiger partial charge < -0.3 is 10.8 Å². The van der Waals surface area contributed by atoms with Crippen LogP contribution in [0.3, 0.4) is 0 Å². The Morgan fingerprint density at radius 2 is 1.54 bits per heavy atom. The van der Waals surface area contributed by atoms with Crippen LogP contribution in [-0.4, -0.2) is 5.11 Å². The molecule has 0 aliphatic carbocycles. The van der Waals surface area contributed by atoms with Gasteiger partial charge in [0.15, 0.2) is 0 Å². The molecule has 0 aromatic carbocycles. The molecule has 2 nitrogen and oxygen atoms in total. The first-order valence-electron chi connectivity index (χ1n) is 4.98. The minimum Gasteiger partial charge on any atom is -0.512 e. The van der Waals surface area contributed by atoms with Crippen LogP contribution in [0.2, 0.25) is 0 Å². The summed E-state index contributed by atoms with van der Waals surface area (Å²) < 4.78 is 0. The Morgan fingerprint density at radius 3 is 1.77 bits per heavy atom. The number of hydrogen-bond donors (Lipinski definition) is 2. The average Bonchev–Trinajstić information content (AvgIpc) is 2.20. The van der Waals surface area contributed by atoms with Crippen LogP contribution in [0.25, 0.3) is 0 Å². The van der Waals surface area contributed by atoms with Gasteiger partial charge in [0.2, 0.25) is 0 Å². The van der Waals surface area contributed by atoms with Gasteiger partial charge in [0.05, 0.1) is 5.76 Å². The first-order chi connectivity index (χ1) is 6.16. The van der Waals surface area contributed by atoms with E-state index in [-0.39, 0.29) is 0 Å². The first kappa shape index (κ1) is 18.0. The van der Waals surface area contributed by atoms with Gasteiger partial charge >= 0.3 is 0 Å². The smallest absolute Gasteiger partial charge is 0.0920 e. The van der Waals surface area contributed by atoms with Gasteiger partial charge in [0, 0.05) is 12.1 Å². The third kappa shape index (κ3) is 24.7. The lowest BCUT2D eigenvalue weighted by molar-refractivity contribution is 0.394. The Morgan fingerprint density at radius 1 is 1.15 bits per heavy atom. The highest BCUT2D eigenvalue weighted by atomic mass is 16.3. The summed E-state index contributed by atoms with van der Waals surface area (Å²) in [5.41, 5.74) is 6.00. The van der Waals surface area contributed by atoms with Crippen LogP contribution in [0.1, 0.15) is 48.0 Å². The van der Waals surface area contributed by atoms with E-state index >= 15 is 0 Å². The molecule has 80 valence electrons. The maximum absolute atomic E-state index is 8.87. The van der Waals surface area contributed by atoms with Crippen molar-refractivity contribution < 1.29 is 5.11 Å². The molecule has 0 amide bonds. The summed E-state index contributed by atoms with van der Waals surface area (Å²) in [5.74, 6) is 0.361. The molecule has 3 N–H and O–H groups in total. The molecule has 2 heteroatoms. The van der Waals surface area contributed by atoms with Crippen LogP contribution in [0.5, 0.6) is 0 Å². The second kappa shape index (κ2) is 17.2. The van der Waals surface area contributed by atoms with Crippen molar-refractivity contribution in [2.24, 2.45) is 5.73 Å². The number of rotatable bonds is 2. The largest absolute Gasteiger partial charge is 0.512 e. The third-order valence-electron chi connectivity index (χ3n) is 0.901. The van der Waals surface area contributed by atoms with Gasteiger partial charge in [0.25, 0.3) is 0 Å². The molecule has 0 aliphatic heterocycles. The number of aliphatic hydroxyl groups is 1. The van der Waals surface area contributed by atoms with Crippen molar-refractivity contribution in [3.63, 3.8) is 0 Å². The fourth-order valence-electron chi connectivity index (χ4n) is 0.345. The van der Waals surface area contributed by atoms with Gasteiger partial charge in [-0.05, 0) is 19.1 Å². The van der Waals surface area contributed by atoms with Crippen molar-refractivity contribution in [3.8, 4) is 0 Å². The quantitative estimate of drug-likeness (QED) is 0.511. The number of aliphatic hydroxyl groups excluding tert-OH is 1. The van der Waals surface area contributed by atoms with Crippen molar-refractivity contribution >= 4 is 0 Å². The highest BCUT2D eigenvalue weighted by molar-refractivity contribution is 5.10. The van der Waals surface area contributed by atoms with Gasteiger partial charge in [-0.1, -0.05) is 34.6 Å². The van der Waals surface area contributed by atoms with E-state index in [0.717, 1.165) is 0 Å². The molecule has 0 spiro atoms. The fourth-order valence-corrected chi connectivity index (χ4v) is 0.345. The van der Waals surface area contributed by atoms with E-state index in [1.807, 2.05) is 34.6 Å². The lowest BCUT2D eigenvalue weighted by Gasteiger charge is -1.89. The Kier molecular flexibility index (Phi) is 23.9. The van der Waals surface area contributed by atoms with Gasteiger partial charge in [-0.15, -0.1) is 0 Å². The lowest BCUT2D eigenvalue weighted by Crippen LogP contribution is -1.88. The summed E-state index contributed by atoms with van der Waals surface area (Å²) in [6, 6.07) is 0. The number of allylic oxidation sites excluding steroid dienone is 4. The van der Waals surface area contributed by atoms with Gasteiger partial charge in [-0.2, -0.15) is 0 Å². The van der Waals surface area contributed by atoms with Crippen molar-refractivity contribution in [1.29, 1.82) is 0 Å². The highest BCUT2D eigenvalue weighted by Gasteiger charge is 1.81. The Hall–Kier alpha value is -0.920. The molecule has 0 fully saturated rings. The zero-order valence-electron chi connectivity index (χ0n) is 9.89. The van der Waals surface area contributed by atoms with Gasteiger partial charge in [-0.3, -0.25) is 0 Å².